The van der Waals surface area contributed by atoms with Gasteiger partial charge < -0.3 is 9.47 Å². The van der Waals surface area contributed by atoms with Gasteiger partial charge in [0, 0.05) is 12.1 Å². The number of fused-ring (bicyclic) bond motifs is 1. The van der Waals surface area contributed by atoms with E-state index in [9.17, 15) is 12.8 Å². The second-order valence-electron chi connectivity index (χ2n) is 6.54. The van der Waals surface area contributed by atoms with Gasteiger partial charge in [-0.25, -0.2) is 17.5 Å². The van der Waals surface area contributed by atoms with Gasteiger partial charge >= 0.3 is 0 Å². The minimum atomic E-state index is -3.65. The van der Waals surface area contributed by atoms with Crippen molar-refractivity contribution in [2.45, 2.75) is 38.7 Å². The van der Waals surface area contributed by atoms with E-state index >= 15 is 0 Å². The highest BCUT2D eigenvalue weighted by molar-refractivity contribution is 7.89. The first-order valence-corrected chi connectivity index (χ1v) is 9.85. The molecule has 0 spiro atoms. The standard InChI is InChI=1S/C19H22FNO4S/c1-12-6-13(2)19(14(3)7-12)26(22,23)21-5-4-15-8-17(20)9-16-10-24-11-25-18(15)16/h6-9,21H,4-5,10-11H2,1-3H3. The summed E-state index contributed by atoms with van der Waals surface area (Å²) in [5.41, 5.74) is 3.70. The van der Waals surface area contributed by atoms with Crippen LogP contribution in [0.15, 0.2) is 29.2 Å². The zero-order chi connectivity index (χ0) is 18.9. The van der Waals surface area contributed by atoms with E-state index in [2.05, 4.69) is 4.72 Å². The molecule has 0 radical (unpaired) electrons. The van der Waals surface area contributed by atoms with E-state index in [1.54, 1.807) is 13.8 Å². The highest BCUT2D eigenvalue weighted by atomic mass is 32.2. The highest BCUT2D eigenvalue weighted by Gasteiger charge is 2.21. The third kappa shape index (κ3) is 3.90. The average molecular weight is 379 g/mol. The maximum absolute atomic E-state index is 13.8. The molecule has 1 aliphatic rings. The Kier molecular flexibility index (Phi) is 5.32. The molecule has 26 heavy (non-hydrogen) atoms. The zero-order valence-electron chi connectivity index (χ0n) is 15.1. The van der Waals surface area contributed by atoms with Gasteiger partial charge in [0.2, 0.25) is 10.0 Å². The Hall–Kier alpha value is -1.96. The van der Waals surface area contributed by atoms with Crippen LogP contribution in [0.2, 0.25) is 0 Å². The molecule has 2 aromatic rings. The summed E-state index contributed by atoms with van der Waals surface area (Å²) >= 11 is 0. The van der Waals surface area contributed by atoms with Gasteiger partial charge in [-0.1, -0.05) is 17.7 Å². The van der Waals surface area contributed by atoms with Crippen molar-refractivity contribution >= 4 is 10.0 Å². The van der Waals surface area contributed by atoms with E-state index in [1.807, 2.05) is 19.1 Å². The van der Waals surface area contributed by atoms with E-state index in [0.717, 1.165) is 5.56 Å². The Balaban J connectivity index is 1.77. The van der Waals surface area contributed by atoms with Crippen molar-refractivity contribution < 1.29 is 22.3 Å². The molecule has 7 heteroatoms. The predicted octanol–water partition coefficient (Wildman–Crippen LogP) is 3.14. The van der Waals surface area contributed by atoms with Gasteiger partial charge in [-0.05, 0) is 56.0 Å². The maximum atomic E-state index is 13.8. The van der Waals surface area contributed by atoms with Crippen molar-refractivity contribution in [1.82, 2.24) is 4.72 Å². The number of nitrogens with one attached hydrogen (secondary N) is 1. The van der Waals surface area contributed by atoms with E-state index in [4.69, 9.17) is 9.47 Å². The Morgan fingerprint density at radius 1 is 1.12 bits per heavy atom. The molecule has 0 fully saturated rings. The van der Waals surface area contributed by atoms with Crippen LogP contribution in [-0.4, -0.2) is 21.8 Å². The van der Waals surface area contributed by atoms with Crippen LogP contribution in [-0.2, 0) is 27.8 Å². The van der Waals surface area contributed by atoms with E-state index in [0.29, 0.717) is 39.3 Å². The first kappa shape index (κ1) is 18.8. The number of hydrogen-bond acceptors (Lipinski definition) is 4. The fourth-order valence-corrected chi connectivity index (χ4v) is 4.91. The molecule has 0 bridgehead atoms. The number of halogens is 1. The number of hydrogen-bond donors (Lipinski definition) is 1. The molecule has 0 atom stereocenters. The molecule has 2 aromatic carbocycles. The van der Waals surface area contributed by atoms with Crippen molar-refractivity contribution in [2.24, 2.45) is 0 Å². The monoisotopic (exact) mass is 379 g/mol. The quantitative estimate of drug-likeness (QED) is 0.867. The molecule has 1 heterocycles. The first-order valence-electron chi connectivity index (χ1n) is 8.37. The highest BCUT2D eigenvalue weighted by Crippen LogP contribution is 2.30. The molecule has 0 saturated heterocycles. The molecule has 0 amide bonds. The second-order valence-corrected chi connectivity index (χ2v) is 8.24. The molecule has 1 N–H and O–H groups in total. The summed E-state index contributed by atoms with van der Waals surface area (Å²) in [6.07, 6.45) is 0.323. The molecule has 5 nitrogen and oxygen atoms in total. The first-order chi connectivity index (χ1) is 12.3. The summed E-state index contributed by atoms with van der Waals surface area (Å²) in [6, 6.07) is 6.44. The second kappa shape index (κ2) is 7.34. The van der Waals surface area contributed by atoms with Gasteiger partial charge in [0.25, 0.3) is 0 Å². The Morgan fingerprint density at radius 2 is 1.81 bits per heavy atom. The smallest absolute Gasteiger partial charge is 0.241 e. The lowest BCUT2D eigenvalue weighted by Crippen LogP contribution is -2.27. The number of benzene rings is 2. The van der Waals surface area contributed by atoms with Crippen LogP contribution in [0, 0.1) is 26.6 Å². The van der Waals surface area contributed by atoms with Gasteiger partial charge in [-0.15, -0.1) is 0 Å². The molecule has 140 valence electrons. The molecule has 0 aliphatic carbocycles. The van der Waals surface area contributed by atoms with Crippen LogP contribution in [0.1, 0.15) is 27.8 Å². The molecule has 1 aliphatic heterocycles. The van der Waals surface area contributed by atoms with Crippen molar-refractivity contribution in [1.29, 1.82) is 0 Å². The molecule has 3 rings (SSSR count). The molecule has 0 saturated carbocycles. The topological polar surface area (TPSA) is 64.6 Å². The van der Waals surface area contributed by atoms with E-state index < -0.39 is 10.0 Å². The maximum Gasteiger partial charge on any atom is 0.241 e. The van der Waals surface area contributed by atoms with Gasteiger partial charge in [0.15, 0.2) is 6.79 Å². The van der Waals surface area contributed by atoms with Crippen LogP contribution in [0.25, 0.3) is 0 Å². The summed E-state index contributed by atoms with van der Waals surface area (Å²) < 4.78 is 52.4. The summed E-state index contributed by atoms with van der Waals surface area (Å²) in [6.45, 7) is 6.04. The normalized spacial score (nSPS) is 14.0. The lowest BCUT2D eigenvalue weighted by atomic mass is 10.1. The average Bonchev–Trinajstić information content (AvgIpc) is 2.53. The van der Waals surface area contributed by atoms with Crippen LogP contribution >= 0.6 is 0 Å². The molecular formula is C19H22FNO4S. The minimum Gasteiger partial charge on any atom is -0.467 e. The largest absolute Gasteiger partial charge is 0.467 e. The summed E-state index contributed by atoms with van der Waals surface area (Å²) in [7, 11) is -3.65. The van der Waals surface area contributed by atoms with Crippen molar-refractivity contribution in [3.05, 3.63) is 57.9 Å². The lowest BCUT2D eigenvalue weighted by Gasteiger charge is -2.21. The fourth-order valence-electron chi connectivity index (χ4n) is 3.43. The van der Waals surface area contributed by atoms with Crippen LogP contribution in [0.5, 0.6) is 5.75 Å². The fraction of sp³-hybridized carbons (Fsp3) is 0.368. The van der Waals surface area contributed by atoms with Gasteiger partial charge in [-0.2, -0.15) is 0 Å². The molecule has 0 aromatic heterocycles. The van der Waals surface area contributed by atoms with Gasteiger partial charge in [0.1, 0.15) is 11.6 Å². The number of aryl methyl sites for hydroxylation is 3. The lowest BCUT2D eigenvalue weighted by molar-refractivity contribution is -0.0172. The van der Waals surface area contributed by atoms with Gasteiger partial charge in [0.05, 0.1) is 11.5 Å². The predicted molar refractivity (Wildman–Crippen MR) is 96.2 cm³/mol. The Bertz CT molecular complexity index is 918. The Labute approximate surface area is 153 Å². The number of ether oxygens (including phenoxy) is 2. The van der Waals surface area contributed by atoms with Crippen molar-refractivity contribution in [3.8, 4) is 5.75 Å². The van der Waals surface area contributed by atoms with E-state index in [1.165, 1.54) is 12.1 Å². The third-order valence-electron chi connectivity index (χ3n) is 4.31. The van der Waals surface area contributed by atoms with E-state index in [-0.39, 0.29) is 25.8 Å². The summed E-state index contributed by atoms with van der Waals surface area (Å²) in [4.78, 5) is 0.300. The van der Waals surface area contributed by atoms with Crippen LogP contribution in [0.4, 0.5) is 4.39 Å². The zero-order valence-corrected chi connectivity index (χ0v) is 15.9. The summed E-state index contributed by atoms with van der Waals surface area (Å²) in [5.74, 6) is 0.195. The van der Waals surface area contributed by atoms with Crippen LogP contribution in [0.3, 0.4) is 0 Å². The SMILES string of the molecule is Cc1cc(C)c(S(=O)(=O)NCCc2cc(F)cc3c2OCOC3)c(C)c1. The molecule has 0 unspecified atom stereocenters. The minimum absolute atomic E-state index is 0.110. The molecular weight excluding hydrogens is 357 g/mol. The summed E-state index contributed by atoms with van der Waals surface area (Å²) in [5, 5.41) is 0. The Morgan fingerprint density at radius 3 is 2.50 bits per heavy atom. The van der Waals surface area contributed by atoms with Crippen LogP contribution < -0.4 is 9.46 Å². The van der Waals surface area contributed by atoms with Gasteiger partial charge in [-0.3, -0.25) is 0 Å². The third-order valence-corrected chi connectivity index (χ3v) is 6.08. The number of rotatable bonds is 5. The van der Waals surface area contributed by atoms with Crippen molar-refractivity contribution in [2.75, 3.05) is 13.3 Å². The number of sulfonamides is 1. The van der Waals surface area contributed by atoms with Crippen molar-refractivity contribution in [3.63, 3.8) is 0 Å².